The molecule has 0 bridgehead atoms. The molecule has 0 fully saturated rings. The highest BCUT2D eigenvalue weighted by Crippen LogP contribution is 2.27. The average Bonchev–Trinajstić information content (AvgIpc) is 2.62. The van der Waals surface area contributed by atoms with Gasteiger partial charge in [0, 0.05) is 19.0 Å². The van der Waals surface area contributed by atoms with Crippen LogP contribution >= 0.6 is 35.4 Å². The second kappa shape index (κ2) is 6.16. The minimum absolute atomic E-state index is 0.00342. The molecule has 1 heterocycles. The number of halogens is 2. The molecule has 20 heavy (non-hydrogen) atoms. The molecule has 7 heteroatoms. The number of H-pyrrole nitrogens is 1. The summed E-state index contributed by atoms with van der Waals surface area (Å²) in [7, 11) is 0. The summed E-state index contributed by atoms with van der Waals surface area (Å²) < 4.78 is 2.41. The molecule has 0 aliphatic heterocycles. The molecule has 0 unspecified atom stereocenters. The van der Waals surface area contributed by atoms with Crippen LogP contribution < -0.4 is 5.32 Å². The van der Waals surface area contributed by atoms with E-state index >= 15 is 0 Å². The maximum Gasteiger partial charge on any atom is 0.221 e. The van der Waals surface area contributed by atoms with E-state index in [9.17, 15) is 4.79 Å². The van der Waals surface area contributed by atoms with Gasteiger partial charge in [-0.3, -0.25) is 4.79 Å². The van der Waals surface area contributed by atoms with Gasteiger partial charge in [-0.05, 0) is 38.2 Å². The van der Waals surface area contributed by atoms with Crippen LogP contribution in [0.1, 0.15) is 20.3 Å². The fourth-order valence-electron chi connectivity index (χ4n) is 1.98. The van der Waals surface area contributed by atoms with Crippen LogP contribution in [0.2, 0.25) is 10.0 Å². The van der Waals surface area contributed by atoms with Crippen molar-refractivity contribution in [3.05, 3.63) is 26.9 Å². The van der Waals surface area contributed by atoms with Gasteiger partial charge in [0.05, 0.1) is 21.1 Å². The SMILES string of the molecule is CC(C)NC(=O)CCn1c(=S)[nH]c2cc(Cl)c(Cl)cc21. The number of benzene rings is 1. The van der Waals surface area contributed by atoms with Gasteiger partial charge >= 0.3 is 0 Å². The van der Waals surface area contributed by atoms with Crippen molar-refractivity contribution in [1.82, 2.24) is 14.9 Å². The summed E-state index contributed by atoms with van der Waals surface area (Å²) in [5.41, 5.74) is 1.66. The first-order chi connectivity index (χ1) is 9.38. The van der Waals surface area contributed by atoms with Gasteiger partial charge in [-0.15, -0.1) is 0 Å². The van der Waals surface area contributed by atoms with Gasteiger partial charge in [0.25, 0.3) is 0 Å². The highest BCUT2D eigenvalue weighted by Gasteiger charge is 2.10. The summed E-state index contributed by atoms with van der Waals surface area (Å²) >= 11 is 17.3. The molecule has 108 valence electrons. The summed E-state index contributed by atoms with van der Waals surface area (Å²) in [5, 5.41) is 3.79. The van der Waals surface area contributed by atoms with Gasteiger partial charge < -0.3 is 14.9 Å². The van der Waals surface area contributed by atoms with Crippen LogP contribution in [0.5, 0.6) is 0 Å². The third-order valence-electron chi connectivity index (χ3n) is 2.83. The van der Waals surface area contributed by atoms with Gasteiger partial charge in [-0.25, -0.2) is 0 Å². The van der Waals surface area contributed by atoms with E-state index in [-0.39, 0.29) is 11.9 Å². The van der Waals surface area contributed by atoms with Crippen molar-refractivity contribution in [3.63, 3.8) is 0 Å². The van der Waals surface area contributed by atoms with E-state index in [4.69, 9.17) is 35.4 Å². The average molecular weight is 332 g/mol. The maximum atomic E-state index is 11.7. The van der Waals surface area contributed by atoms with Crippen LogP contribution in [0.25, 0.3) is 11.0 Å². The Balaban J connectivity index is 2.26. The standard InChI is InChI=1S/C13H15Cl2N3OS/c1-7(2)16-12(19)3-4-18-11-6-9(15)8(14)5-10(11)17-13(18)20/h5-7H,3-4H2,1-2H3,(H,16,19)(H,17,20). The summed E-state index contributed by atoms with van der Waals surface area (Å²) in [4.78, 5) is 14.8. The molecule has 0 saturated heterocycles. The topological polar surface area (TPSA) is 49.8 Å². The summed E-state index contributed by atoms with van der Waals surface area (Å²) in [6.07, 6.45) is 0.361. The van der Waals surface area contributed by atoms with E-state index in [1.165, 1.54) is 0 Å². The number of aromatic amines is 1. The van der Waals surface area contributed by atoms with Crippen molar-refractivity contribution in [2.75, 3.05) is 0 Å². The van der Waals surface area contributed by atoms with E-state index in [2.05, 4.69) is 10.3 Å². The molecule has 0 saturated carbocycles. The van der Waals surface area contributed by atoms with E-state index in [1.54, 1.807) is 12.1 Å². The molecule has 2 N–H and O–H groups in total. The lowest BCUT2D eigenvalue weighted by Gasteiger charge is -2.09. The number of nitrogens with zero attached hydrogens (tertiary/aromatic N) is 1. The molecule has 0 atom stereocenters. The molecule has 0 spiro atoms. The fraction of sp³-hybridized carbons (Fsp3) is 0.385. The molecule has 4 nitrogen and oxygen atoms in total. The number of imidazole rings is 1. The maximum absolute atomic E-state index is 11.7. The Morgan fingerprint density at radius 3 is 2.70 bits per heavy atom. The molecule has 1 aromatic carbocycles. The van der Waals surface area contributed by atoms with Crippen molar-refractivity contribution in [2.24, 2.45) is 0 Å². The number of nitrogens with one attached hydrogen (secondary N) is 2. The summed E-state index contributed by atoms with van der Waals surface area (Å²) in [5.74, 6) is -0.00342. The van der Waals surface area contributed by atoms with Crippen LogP contribution in [0, 0.1) is 4.77 Å². The molecule has 2 rings (SSSR count). The number of hydrogen-bond acceptors (Lipinski definition) is 2. The zero-order valence-corrected chi connectivity index (χ0v) is 13.5. The second-order valence-corrected chi connectivity index (χ2v) is 6.04. The minimum atomic E-state index is -0.00342. The van der Waals surface area contributed by atoms with Crippen LogP contribution in [0.4, 0.5) is 0 Å². The number of carbonyl (C=O) groups excluding carboxylic acids is 1. The molecule has 2 aromatic rings. The van der Waals surface area contributed by atoms with Gasteiger partial charge in [0.1, 0.15) is 0 Å². The van der Waals surface area contributed by atoms with E-state index in [0.29, 0.717) is 27.8 Å². The van der Waals surface area contributed by atoms with Crippen LogP contribution in [-0.4, -0.2) is 21.5 Å². The zero-order valence-electron chi connectivity index (χ0n) is 11.2. The number of rotatable bonds is 4. The largest absolute Gasteiger partial charge is 0.354 e. The third kappa shape index (κ3) is 3.34. The fourth-order valence-corrected chi connectivity index (χ4v) is 2.60. The van der Waals surface area contributed by atoms with Crippen molar-refractivity contribution >= 4 is 52.4 Å². The molecular formula is C13H15Cl2N3OS. The van der Waals surface area contributed by atoms with Gasteiger partial charge in [-0.1, -0.05) is 23.2 Å². The predicted octanol–water partition coefficient (Wildman–Crippen LogP) is 3.92. The van der Waals surface area contributed by atoms with Crippen LogP contribution in [0.15, 0.2) is 12.1 Å². The van der Waals surface area contributed by atoms with Gasteiger partial charge in [0.15, 0.2) is 4.77 Å². The van der Waals surface area contributed by atoms with Crippen molar-refractivity contribution in [3.8, 4) is 0 Å². The molecule has 0 aliphatic rings. The first-order valence-corrected chi connectivity index (χ1v) is 7.42. The van der Waals surface area contributed by atoms with Crippen molar-refractivity contribution < 1.29 is 4.79 Å². The number of fused-ring (bicyclic) bond motifs is 1. The lowest BCUT2D eigenvalue weighted by atomic mass is 10.3. The lowest BCUT2D eigenvalue weighted by Crippen LogP contribution is -2.30. The first-order valence-electron chi connectivity index (χ1n) is 6.25. The normalized spacial score (nSPS) is 11.2. The number of amides is 1. The summed E-state index contributed by atoms with van der Waals surface area (Å²) in [6, 6.07) is 3.62. The number of aromatic nitrogens is 2. The number of hydrogen-bond donors (Lipinski definition) is 2. The minimum Gasteiger partial charge on any atom is -0.354 e. The highest BCUT2D eigenvalue weighted by atomic mass is 35.5. The van der Waals surface area contributed by atoms with Crippen LogP contribution in [0.3, 0.4) is 0 Å². The Hall–Kier alpha value is -1.04. The molecule has 1 amide bonds. The summed E-state index contributed by atoms with van der Waals surface area (Å²) in [6.45, 7) is 4.35. The molecule has 0 aliphatic carbocycles. The third-order valence-corrected chi connectivity index (χ3v) is 3.87. The number of carbonyl (C=O) groups is 1. The Morgan fingerprint density at radius 1 is 1.40 bits per heavy atom. The van der Waals surface area contributed by atoms with Gasteiger partial charge in [0.2, 0.25) is 5.91 Å². The smallest absolute Gasteiger partial charge is 0.221 e. The van der Waals surface area contributed by atoms with Crippen molar-refractivity contribution in [2.45, 2.75) is 32.9 Å². The molecule has 0 radical (unpaired) electrons. The first kappa shape index (κ1) is 15.4. The van der Waals surface area contributed by atoms with E-state index in [1.807, 2.05) is 18.4 Å². The quantitative estimate of drug-likeness (QED) is 0.834. The van der Waals surface area contributed by atoms with E-state index in [0.717, 1.165) is 11.0 Å². The Kier molecular flexibility index (Phi) is 4.73. The Morgan fingerprint density at radius 2 is 2.05 bits per heavy atom. The van der Waals surface area contributed by atoms with Crippen molar-refractivity contribution in [1.29, 1.82) is 0 Å². The Labute approximate surface area is 132 Å². The van der Waals surface area contributed by atoms with Crippen LogP contribution in [-0.2, 0) is 11.3 Å². The lowest BCUT2D eigenvalue weighted by molar-refractivity contribution is -0.121. The van der Waals surface area contributed by atoms with E-state index < -0.39 is 0 Å². The highest BCUT2D eigenvalue weighted by molar-refractivity contribution is 7.71. The predicted molar refractivity (Wildman–Crippen MR) is 85.0 cm³/mol. The number of aryl methyl sites for hydroxylation is 1. The van der Waals surface area contributed by atoms with Gasteiger partial charge in [-0.2, -0.15) is 0 Å². The monoisotopic (exact) mass is 331 g/mol. The molecular weight excluding hydrogens is 317 g/mol. The zero-order chi connectivity index (χ0) is 14.9. The second-order valence-electron chi connectivity index (χ2n) is 4.84. The Bertz CT molecular complexity index is 705. The molecule has 1 aromatic heterocycles.